The lowest BCUT2D eigenvalue weighted by atomic mass is 9.87. The van der Waals surface area contributed by atoms with Crippen LogP contribution in [0.15, 0.2) is 53.6 Å². The Balaban J connectivity index is 1.79. The van der Waals surface area contributed by atoms with E-state index >= 15 is 0 Å². The average Bonchev–Trinajstić information content (AvgIpc) is 3.30. The van der Waals surface area contributed by atoms with Gasteiger partial charge in [-0.25, -0.2) is 0 Å². The molecule has 0 aliphatic carbocycles. The number of nitrogens with zero attached hydrogens (tertiary/aromatic N) is 4. The van der Waals surface area contributed by atoms with E-state index in [1.807, 2.05) is 0 Å². The van der Waals surface area contributed by atoms with Crippen LogP contribution in [-0.2, 0) is 10.4 Å². The first kappa shape index (κ1) is 19.7. The third-order valence-corrected chi connectivity index (χ3v) is 5.22. The van der Waals surface area contributed by atoms with E-state index in [9.17, 15) is 20.0 Å². The first-order valence-corrected chi connectivity index (χ1v) is 9.27. The molecule has 4 rings (SSSR count). The second-order valence-electron chi connectivity index (χ2n) is 6.63. The fraction of sp³-hybridized carbons (Fsp3) is 0.150. The Labute approximate surface area is 175 Å². The summed E-state index contributed by atoms with van der Waals surface area (Å²) in [6, 6.07) is 10.5. The minimum absolute atomic E-state index is 0.0415. The minimum atomic E-state index is -2.28. The largest absolute Gasteiger partial charge is 0.372 e. The summed E-state index contributed by atoms with van der Waals surface area (Å²) in [5, 5.41) is 27.0. The molecule has 152 valence electrons. The van der Waals surface area contributed by atoms with E-state index in [1.54, 1.807) is 31.2 Å². The van der Waals surface area contributed by atoms with E-state index in [4.69, 9.17) is 16.1 Å². The van der Waals surface area contributed by atoms with Gasteiger partial charge in [-0.05, 0) is 37.3 Å². The topological polar surface area (TPSA) is 123 Å². The number of nitro benzene ring substituents is 1. The van der Waals surface area contributed by atoms with Gasteiger partial charge < -0.3 is 14.5 Å². The molecule has 30 heavy (non-hydrogen) atoms. The number of aromatic nitrogens is 2. The number of non-ortho nitro benzene ring substituents is 1. The molecule has 2 heterocycles. The molecule has 0 bridgehead atoms. The van der Waals surface area contributed by atoms with Crippen LogP contribution < -0.4 is 4.90 Å². The quantitative estimate of drug-likeness (QED) is 0.488. The van der Waals surface area contributed by atoms with Gasteiger partial charge in [0, 0.05) is 34.8 Å². The maximum atomic E-state index is 13.1. The summed E-state index contributed by atoms with van der Waals surface area (Å²) in [4.78, 5) is 29.2. The third-order valence-electron chi connectivity index (χ3n) is 4.97. The number of hydrogen-bond donors (Lipinski definition) is 1. The van der Waals surface area contributed by atoms with Crippen LogP contribution in [0.25, 0.3) is 17.0 Å². The average molecular weight is 427 g/mol. The molecule has 0 saturated heterocycles. The summed E-state index contributed by atoms with van der Waals surface area (Å²) < 4.78 is 5.24. The van der Waals surface area contributed by atoms with Crippen molar-refractivity contribution in [3.8, 4) is 11.4 Å². The van der Waals surface area contributed by atoms with Crippen molar-refractivity contribution >= 4 is 34.5 Å². The van der Waals surface area contributed by atoms with Gasteiger partial charge in [0.2, 0.25) is 11.4 Å². The van der Waals surface area contributed by atoms with Crippen LogP contribution in [-0.4, -0.2) is 32.6 Å². The smallest absolute Gasteiger partial charge is 0.269 e. The lowest BCUT2D eigenvalue weighted by Gasteiger charge is -2.22. The van der Waals surface area contributed by atoms with E-state index in [2.05, 4.69) is 16.7 Å². The van der Waals surface area contributed by atoms with E-state index < -0.39 is 16.4 Å². The predicted molar refractivity (Wildman–Crippen MR) is 109 cm³/mol. The van der Waals surface area contributed by atoms with Crippen molar-refractivity contribution in [3.05, 3.63) is 75.6 Å². The van der Waals surface area contributed by atoms with Gasteiger partial charge in [-0.3, -0.25) is 14.9 Å². The molecular weight excluding hydrogens is 412 g/mol. The van der Waals surface area contributed by atoms with Crippen LogP contribution >= 0.6 is 11.6 Å². The first-order chi connectivity index (χ1) is 14.3. The number of anilines is 1. The molecule has 1 aromatic heterocycles. The predicted octanol–water partition coefficient (Wildman–Crippen LogP) is 3.57. The number of carbonyl (C=O) groups excluding carboxylic acids is 1. The molecule has 0 fully saturated rings. The molecule has 1 aliphatic heterocycles. The highest BCUT2D eigenvalue weighted by Gasteiger charge is 2.53. The van der Waals surface area contributed by atoms with Gasteiger partial charge in [0.1, 0.15) is 0 Å². The van der Waals surface area contributed by atoms with E-state index in [-0.39, 0.29) is 35.1 Å². The van der Waals surface area contributed by atoms with Crippen LogP contribution in [0, 0.1) is 10.1 Å². The molecule has 1 N–H and O–H groups in total. The van der Waals surface area contributed by atoms with Crippen molar-refractivity contribution in [1.82, 2.24) is 10.1 Å². The maximum Gasteiger partial charge on any atom is 0.269 e. The van der Waals surface area contributed by atoms with Crippen molar-refractivity contribution in [3.63, 3.8) is 0 Å². The van der Waals surface area contributed by atoms with Gasteiger partial charge in [0.05, 0.1) is 16.2 Å². The first-order valence-electron chi connectivity index (χ1n) is 8.90. The SMILES string of the molecule is C=C(c1nc(-c2ccc(Cl)cc2)no1)C1(O)C(=O)N(CC)c2ccc([N+](=O)[O-])cc21. The Morgan fingerprint density at radius 2 is 2.03 bits per heavy atom. The molecule has 0 saturated carbocycles. The number of amides is 1. The monoisotopic (exact) mass is 426 g/mol. The van der Waals surface area contributed by atoms with Crippen LogP contribution in [0.3, 0.4) is 0 Å². The number of carbonyl (C=O) groups is 1. The number of likely N-dealkylation sites (N-methyl/N-ethyl adjacent to an activating group) is 1. The molecular formula is C20H15ClN4O5. The van der Waals surface area contributed by atoms with Crippen LogP contribution in [0.5, 0.6) is 0 Å². The van der Waals surface area contributed by atoms with Gasteiger partial charge in [-0.2, -0.15) is 4.98 Å². The van der Waals surface area contributed by atoms with Gasteiger partial charge in [0.15, 0.2) is 0 Å². The highest BCUT2D eigenvalue weighted by Crippen LogP contribution is 2.48. The molecule has 2 aromatic carbocycles. The van der Waals surface area contributed by atoms with Crippen molar-refractivity contribution in [2.24, 2.45) is 0 Å². The molecule has 0 spiro atoms. The number of hydrogen-bond acceptors (Lipinski definition) is 7. The summed E-state index contributed by atoms with van der Waals surface area (Å²) >= 11 is 5.88. The number of benzene rings is 2. The molecule has 1 unspecified atom stereocenters. The standard InChI is InChI=1S/C20H15ClN4O5/c1-3-24-16-9-8-14(25(28)29)10-15(16)20(27,19(24)26)11(2)18-22-17(23-30-18)12-4-6-13(21)7-5-12/h4-10,27H,2-3H2,1H3. The summed E-state index contributed by atoms with van der Waals surface area (Å²) in [5.41, 5.74) is -1.70. The molecule has 0 radical (unpaired) electrons. The molecule has 1 atom stereocenters. The van der Waals surface area contributed by atoms with E-state index in [0.717, 1.165) is 6.07 Å². The normalized spacial score (nSPS) is 17.8. The molecule has 10 heteroatoms. The van der Waals surface area contributed by atoms with Gasteiger partial charge in [-0.15, -0.1) is 0 Å². The lowest BCUT2D eigenvalue weighted by Crippen LogP contribution is -2.41. The highest BCUT2D eigenvalue weighted by molar-refractivity contribution is 6.30. The van der Waals surface area contributed by atoms with Gasteiger partial charge >= 0.3 is 0 Å². The summed E-state index contributed by atoms with van der Waals surface area (Å²) in [6.07, 6.45) is 0. The molecule has 1 aliphatic rings. The summed E-state index contributed by atoms with van der Waals surface area (Å²) in [7, 11) is 0. The van der Waals surface area contributed by atoms with Crippen molar-refractivity contribution in [2.75, 3.05) is 11.4 Å². The Morgan fingerprint density at radius 1 is 1.33 bits per heavy atom. The van der Waals surface area contributed by atoms with Gasteiger partial charge in [-0.1, -0.05) is 23.3 Å². The number of halogens is 1. The lowest BCUT2D eigenvalue weighted by molar-refractivity contribution is -0.385. The fourth-order valence-corrected chi connectivity index (χ4v) is 3.53. The number of nitro groups is 1. The summed E-state index contributed by atoms with van der Waals surface area (Å²) in [6.45, 7) is 5.78. The van der Waals surface area contributed by atoms with Gasteiger partial charge in [0.25, 0.3) is 17.5 Å². The number of fused-ring (bicyclic) bond motifs is 1. The second kappa shape index (κ2) is 7.05. The third kappa shape index (κ3) is 2.87. The van der Waals surface area contributed by atoms with E-state index in [1.165, 1.54) is 17.0 Å². The van der Waals surface area contributed by atoms with Crippen molar-refractivity contribution < 1.29 is 19.3 Å². The van der Waals surface area contributed by atoms with Crippen LogP contribution in [0.4, 0.5) is 11.4 Å². The second-order valence-corrected chi connectivity index (χ2v) is 7.06. The molecule has 3 aromatic rings. The summed E-state index contributed by atoms with van der Waals surface area (Å²) in [5.74, 6) is -0.647. The zero-order valence-corrected chi connectivity index (χ0v) is 16.5. The van der Waals surface area contributed by atoms with Crippen LogP contribution in [0.1, 0.15) is 18.4 Å². The minimum Gasteiger partial charge on any atom is -0.372 e. The molecule has 1 amide bonds. The highest BCUT2D eigenvalue weighted by atomic mass is 35.5. The fourth-order valence-electron chi connectivity index (χ4n) is 3.41. The van der Waals surface area contributed by atoms with Crippen molar-refractivity contribution in [2.45, 2.75) is 12.5 Å². The number of rotatable bonds is 5. The zero-order chi connectivity index (χ0) is 21.6. The van der Waals surface area contributed by atoms with Crippen LogP contribution in [0.2, 0.25) is 5.02 Å². The van der Waals surface area contributed by atoms with Crippen molar-refractivity contribution in [1.29, 1.82) is 0 Å². The molecule has 9 nitrogen and oxygen atoms in total. The Kier molecular flexibility index (Phi) is 4.64. The maximum absolute atomic E-state index is 13.1. The van der Waals surface area contributed by atoms with E-state index in [0.29, 0.717) is 16.3 Å². The Bertz CT molecular complexity index is 1190. The number of aliphatic hydroxyl groups is 1. The Morgan fingerprint density at radius 3 is 2.67 bits per heavy atom. The Hall–Kier alpha value is -3.56. The zero-order valence-electron chi connectivity index (χ0n) is 15.7.